The number of amides is 1. The Hall–Kier alpha value is -3.64. The molecule has 34 heavy (non-hydrogen) atoms. The van der Waals surface area contributed by atoms with Gasteiger partial charge in [-0.2, -0.15) is 5.26 Å². The van der Waals surface area contributed by atoms with Gasteiger partial charge >= 0.3 is 5.97 Å². The lowest BCUT2D eigenvalue weighted by Gasteiger charge is -2.17. The maximum atomic E-state index is 12.4. The van der Waals surface area contributed by atoms with E-state index in [1.165, 1.54) is 11.3 Å². The molecule has 4 rings (SSSR count). The number of nitrogens with zero attached hydrogens (tertiary/aromatic N) is 2. The fourth-order valence-electron chi connectivity index (χ4n) is 3.88. The Morgan fingerprint density at radius 2 is 2.06 bits per heavy atom. The number of aromatic nitrogens is 1. The number of anilines is 1. The first kappa shape index (κ1) is 23.5. The number of nitrogens with one attached hydrogen (secondary N) is 1. The molecule has 8 nitrogen and oxygen atoms in total. The zero-order valence-corrected chi connectivity index (χ0v) is 20.1. The molecule has 0 spiro atoms. The third-order valence-electron chi connectivity index (χ3n) is 5.87. The lowest BCUT2D eigenvalue weighted by Crippen LogP contribution is -2.20. The lowest BCUT2D eigenvalue weighted by molar-refractivity contribution is -0.119. The highest BCUT2D eigenvalue weighted by Crippen LogP contribution is 2.39. The van der Waals surface area contributed by atoms with Gasteiger partial charge in [0.1, 0.15) is 29.2 Å². The number of hydrogen-bond acceptors (Lipinski definition) is 8. The summed E-state index contributed by atoms with van der Waals surface area (Å²) in [4.78, 5) is 25.9. The van der Waals surface area contributed by atoms with Gasteiger partial charge in [-0.15, -0.1) is 11.3 Å². The van der Waals surface area contributed by atoms with E-state index in [9.17, 15) is 14.9 Å². The molecule has 0 fully saturated rings. The summed E-state index contributed by atoms with van der Waals surface area (Å²) in [5.41, 5.74) is 3.52. The molecule has 2 aromatic heterocycles. The molecule has 0 saturated heterocycles. The van der Waals surface area contributed by atoms with E-state index in [1.807, 2.05) is 13.8 Å². The SMILES string of the molecule is Cc1noc(C)c1COc1ccc(C(=O)OCC(=O)Nc2sc3c(c2C#N)CC[C@@H](C)C3)cc1. The van der Waals surface area contributed by atoms with Gasteiger partial charge in [-0.1, -0.05) is 12.1 Å². The summed E-state index contributed by atoms with van der Waals surface area (Å²) < 4.78 is 16.0. The molecule has 0 saturated carbocycles. The predicted octanol–water partition coefficient (Wildman–Crippen LogP) is 4.72. The summed E-state index contributed by atoms with van der Waals surface area (Å²) in [5.74, 6) is 0.752. The summed E-state index contributed by atoms with van der Waals surface area (Å²) in [6, 6.07) is 8.68. The Morgan fingerprint density at radius 1 is 1.29 bits per heavy atom. The minimum absolute atomic E-state index is 0.302. The number of carbonyl (C=O) groups excluding carboxylic acids is 2. The van der Waals surface area contributed by atoms with Gasteiger partial charge < -0.3 is 19.3 Å². The molecule has 1 amide bonds. The topological polar surface area (TPSA) is 114 Å². The first-order chi connectivity index (χ1) is 16.4. The summed E-state index contributed by atoms with van der Waals surface area (Å²) in [7, 11) is 0. The van der Waals surface area contributed by atoms with E-state index in [0.29, 0.717) is 40.2 Å². The molecule has 1 aliphatic rings. The van der Waals surface area contributed by atoms with Crippen molar-refractivity contribution in [2.45, 2.75) is 46.6 Å². The van der Waals surface area contributed by atoms with Crippen molar-refractivity contribution < 1.29 is 23.6 Å². The average molecular weight is 480 g/mol. The van der Waals surface area contributed by atoms with Gasteiger partial charge in [0.25, 0.3) is 5.91 Å². The molecule has 2 heterocycles. The van der Waals surface area contributed by atoms with Crippen LogP contribution in [-0.2, 0) is 29.0 Å². The van der Waals surface area contributed by atoms with E-state index in [2.05, 4.69) is 23.5 Å². The van der Waals surface area contributed by atoms with Crippen molar-refractivity contribution in [2.75, 3.05) is 11.9 Å². The van der Waals surface area contributed by atoms with Crippen LogP contribution in [0.5, 0.6) is 5.75 Å². The fraction of sp³-hybridized carbons (Fsp3) is 0.360. The molecular weight excluding hydrogens is 454 g/mol. The minimum atomic E-state index is -0.618. The molecule has 1 atom stereocenters. The van der Waals surface area contributed by atoms with Gasteiger partial charge in [-0.25, -0.2) is 4.79 Å². The van der Waals surface area contributed by atoms with Crippen molar-refractivity contribution in [2.24, 2.45) is 5.92 Å². The zero-order chi connectivity index (χ0) is 24.2. The van der Waals surface area contributed by atoms with E-state index in [-0.39, 0.29) is 0 Å². The van der Waals surface area contributed by atoms with Crippen molar-refractivity contribution in [3.63, 3.8) is 0 Å². The Kier molecular flexibility index (Phi) is 6.98. The van der Waals surface area contributed by atoms with Crippen LogP contribution in [-0.4, -0.2) is 23.6 Å². The highest BCUT2D eigenvalue weighted by molar-refractivity contribution is 7.16. The van der Waals surface area contributed by atoms with Gasteiger partial charge in [-0.3, -0.25) is 4.79 Å². The van der Waals surface area contributed by atoms with Crippen molar-refractivity contribution >= 4 is 28.2 Å². The molecule has 0 unspecified atom stereocenters. The van der Waals surface area contributed by atoms with Crippen LogP contribution in [0.1, 0.15) is 56.7 Å². The second-order valence-electron chi connectivity index (χ2n) is 8.41. The highest BCUT2D eigenvalue weighted by Gasteiger charge is 2.25. The van der Waals surface area contributed by atoms with E-state index in [0.717, 1.165) is 41.0 Å². The van der Waals surface area contributed by atoms with Gasteiger partial charge in [-0.05, 0) is 68.9 Å². The smallest absolute Gasteiger partial charge is 0.338 e. The van der Waals surface area contributed by atoms with Crippen LogP contribution < -0.4 is 10.1 Å². The van der Waals surface area contributed by atoms with E-state index >= 15 is 0 Å². The summed E-state index contributed by atoms with van der Waals surface area (Å²) >= 11 is 1.44. The summed E-state index contributed by atoms with van der Waals surface area (Å²) in [6.45, 7) is 5.72. The van der Waals surface area contributed by atoms with Crippen LogP contribution in [0.3, 0.4) is 0 Å². The van der Waals surface area contributed by atoms with Crippen LogP contribution in [0.2, 0.25) is 0 Å². The number of fused-ring (bicyclic) bond motifs is 1. The first-order valence-corrected chi connectivity index (χ1v) is 11.8. The monoisotopic (exact) mass is 479 g/mol. The van der Waals surface area contributed by atoms with Crippen molar-refractivity contribution in [3.8, 4) is 11.8 Å². The van der Waals surface area contributed by atoms with E-state index < -0.39 is 18.5 Å². The number of hydrogen-bond donors (Lipinski definition) is 1. The molecule has 0 radical (unpaired) electrons. The number of aryl methyl sites for hydroxylation is 2. The van der Waals surface area contributed by atoms with Crippen molar-refractivity contribution in [3.05, 3.63) is 62.9 Å². The van der Waals surface area contributed by atoms with Crippen LogP contribution in [0.25, 0.3) is 0 Å². The molecule has 1 N–H and O–H groups in total. The third-order valence-corrected chi connectivity index (χ3v) is 7.03. The number of ether oxygens (including phenoxy) is 2. The van der Waals surface area contributed by atoms with Crippen molar-refractivity contribution in [1.29, 1.82) is 5.26 Å². The third kappa shape index (κ3) is 5.13. The Morgan fingerprint density at radius 3 is 2.74 bits per heavy atom. The Bertz CT molecular complexity index is 1230. The largest absolute Gasteiger partial charge is 0.489 e. The standard InChI is InChI=1S/C25H25N3O5S/c1-14-4-9-19-20(11-26)24(34-22(19)10-14)27-23(29)13-32-25(30)17-5-7-18(8-6-17)31-12-21-15(2)28-33-16(21)3/h5-8,14H,4,9-10,12-13H2,1-3H3,(H,27,29)/t14-/m1/s1. The van der Waals surface area contributed by atoms with Crippen molar-refractivity contribution in [1.82, 2.24) is 5.16 Å². The molecule has 9 heteroatoms. The summed E-state index contributed by atoms with van der Waals surface area (Å²) in [6.07, 6.45) is 2.79. The van der Waals surface area contributed by atoms with Gasteiger partial charge in [0.15, 0.2) is 6.61 Å². The number of esters is 1. The summed E-state index contributed by atoms with van der Waals surface area (Å²) in [5, 5.41) is 16.7. The normalized spacial score (nSPS) is 14.7. The lowest BCUT2D eigenvalue weighted by atomic mass is 9.89. The Balaban J connectivity index is 1.30. The van der Waals surface area contributed by atoms with Crippen LogP contribution in [0.4, 0.5) is 5.00 Å². The first-order valence-electron chi connectivity index (χ1n) is 11.0. The average Bonchev–Trinajstić information content (AvgIpc) is 3.33. The van der Waals surface area contributed by atoms with E-state index in [1.54, 1.807) is 24.3 Å². The van der Waals surface area contributed by atoms with Crippen LogP contribution in [0, 0.1) is 31.1 Å². The van der Waals surface area contributed by atoms with Gasteiger partial charge in [0.2, 0.25) is 0 Å². The van der Waals surface area contributed by atoms with E-state index in [4.69, 9.17) is 14.0 Å². The molecule has 1 aromatic carbocycles. The molecule has 176 valence electrons. The Labute approximate surface area is 201 Å². The second kappa shape index (κ2) is 10.1. The molecule has 3 aromatic rings. The van der Waals surface area contributed by atoms with Gasteiger partial charge in [0.05, 0.1) is 22.4 Å². The highest BCUT2D eigenvalue weighted by atomic mass is 32.1. The van der Waals surface area contributed by atoms with Gasteiger partial charge in [0, 0.05) is 4.88 Å². The van der Waals surface area contributed by atoms with Crippen LogP contribution >= 0.6 is 11.3 Å². The molecule has 1 aliphatic carbocycles. The number of benzene rings is 1. The maximum absolute atomic E-state index is 12.4. The molecule has 0 aliphatic heterocycles. The second-order valence-corrected chi connectivity index (χ2v) is 9.51. The maximum Gasteiger partial charge on any atom is 0.338 e. The quantitative estimate of drug-likeness (QED) is 0.488. The predicted molar refractivity (Wildman–Crippen MR) is 126 cm³/mol. The number of rotatable bonds is 7. The number of nitriles is 1. The fourth-order valence-corrected chi connectivity index (χ4v) is 5.26. The minimum Gasteiger partial charge on any atom is -0.489 e. The molecular formula is C25H25N3O5S. The van der Waals surface area contributed by atoms with Crippen LogP contribution in [0.15, 0.2) is 28.8 Å². The zero-order valence-electron chi connectivity index (χ0n) is 19.3. The molecule has 0 bridgehead atoms. The number of thiophene rings is 1. The number of carbonyl (C=O) groups is 2.